The van der Waals surface area contributed by atoms with Crippen molar-refractivity contribution in [3.05, 3.63) is 47.0 Å². The Morgan fingerprint density at radius 2 is 1.76 bits per heavy atom. The lowest BCUT2D eigenvalue weighted by molar-refractivity contribution is -0.131. The van der Waals surface area contributed by atoms with E-state index in [1.165, 1.54) is 18.2 Å². The molecule has 0 aliphatic rings. The average Bonchev–Trinajstić information content (AvgIpc) is 2.26. The molecule has 0 heterocycles. The van der Waals surface area contributed by atoms with Crippen LogP contribution in [-0.4, -0.2) is 27.9 Å². The van der Waals surface area contributed by atoms with Crippen molar-refractivity contribution in [1.29, 1.82) is 0 Å². The van der Waals surface area contributed by atoms with Crippen molar-refractivity contribution in [2.75, 3.05) is 0 Å². The summed E-state index contributed by atoms with van der Waals surface area (Å²) in [6, 6.07) is 4.12. The second-order valence-corrected chi connectivity index (χ2v) is 3.37. The van der Waals surface area contributed by atoms with Crippen LogP contribution in [0.1, 0.15) is 26.3 Å². The number of benzene rings is 1. The number of ketones is 1. The van der Waals surface area contributed by atoms with Crippen molar-refractivity contribution < 1.29 is 24.6 Å². The molecule has 0 saturated carbocycles. The zero-order chi connectivity index (χ0) is 13.0. The molecule has 2 N–H and O–H groups in total. The van der Waals surface area contributed by atoms with Crippen LogP contribution in [0.2, 0.25) is 0 Å². The van der Waals surface area contributed by atoms with Crippen molar-refractivity contribution >= 4 is 17.7 Å². The van der Waals surface area contributed by atoms with Gasteiger partial charge < -0.3 is 10.2 Å². The zero-order valence-electron chi connectivity index (χ0n) is 9.01. The molecular formula is C12H10O5. The number of rotatable bonds is 4. The molecule has 0 fully saturated rings. The number of aromatic carboxylic acids is 1. The highest BCUT2D eigenvalue weighted by Crippen LogP contribution is 2.12. The molecule has 0 unspecified atom stereocenters. The number of carbonyl (C=O) groups excluding carboxylic acids is 1. The molecule has 5 heteroatoms. The molecule has 0 aliphatic heterocycles. The predicted molar refractivity (Wildman–Crippen MR) is 59.2 cm³/mol. The lowest BCUT2D eigenvalue weighted by atomic mass is 10.0. The highest BCUT2D eigenvalue weighted by atomic mass is 16.4. The summed E-state index contributed by atoms with van der Waals surface area (Å²) in [5.41, 5.74) is 0.764. The lowest BCUT2D eigenvalue weighted by Gasteiger charge is -2.03. The van der Waals surface area contributed by atoms with Crippen LogP contribution < -0.4 is 0 Å². The Kier molecular flexibility index (Phi) is 3.77. The van der Waals surface area contributed by atoms with E-state index in [9.17, 15) is 14.4 Å². The van der Waals surface area contributed by atoms with Crippen molar-refractivity contribution in [2.24, 2.45) is 0 Å². The summed E-state index contributed by atoms with van der Waals surface area (Å²) in [6.07, 6.45) is 1.62. The Morgan fingerprint density at radius 1 is 1.12 bits per heavy atom. The number of allylic oxidation sites excluding steroid dienone is 1. The summed E-state index contributed by atoms with van der Waals surface area (Å²) in [5.74, 6) is -2.90. The van der Waals surface area contributed by atoms with Gasteiger partial charge in [0.15, 0.2) is 5.78 Å². The molecule has 0 spiro atoms. The van der Waals surface area contributed by atoms with Crippen LogP contribution in [0.4, 0.5) is 0 Å². The Labute approximate surface area is 97.0 Å². The van der Waals surface area contributed by atoms with Crippen LogP contribution in [0.5, 0.6) is 0 Å². The number of carboxylic acid groups (broad SMARTS) is 2. The fourth-order valence-electron chi connectivity index (χ4n) is 1.26. The standard InChI is InChI=1S/C12H10O5/c1-7-2-3-8(12(16)17)6-9(7)10(13)4-5-11(14)15/h2-6H,1H3,(H,14,15)(H,16,17)/b5-4+. The third-order valence-corrected chi connectivity index (χ3v) is 2.13. The van der Waals surface area contributed by atoms with Gasteiger partial charge in [0.25, 0.3) is 0 Å². The SMILES string of the molecule is Cc1ccc(C(=O)O)cc1C(=O)/C=C/C(=O)O. The van der Waals surface area contributed by atoms with Crippen LogP contribution in [0, 0.1) is 6.92 Å². The average molecular weight is 234 g/mol. The maximum absolute atomic E-state index is 11.6. The Hall–Kier alpha value is -2.43. The highest BCUT2D eigenvalue weighted by Gasteiger charge is 2.10. The van der Waals surface area contributed by atoms with Crippen LogP contribution >= 0.6 is 0 Å². The van der Waals surface area contributed by atoms with E-state index in [0.29, 0.717) is 5.56 Å². The van der Waals surface area contributed by atoms with Gasteiger partial charge in [-0.25, -0.2) is 9.59 Å². The summed E-state index contributed by atoms with van der Waals surface area (Å²) in [4.78, 5) is 32.6. The third kappa shape index (κ3) is 3.27. The molecule has 17 heavy (non-hydrogen) atoms. The fraction of sp³-hybridized carbons (Fsp3) is 0.0833. The van der Waals surface area contributed by atoms with E-state index in [2.05, 4.69) is 0 Å². The monoisotopic (exact) mass is 234 g/mol. The van der Waals surface area contributed by atoms with Crippen LogP contribution in [0.15, 0.2) is 30.4 Å². The lowest BCUT2D eigenvalue weighted by Crippen LogP contribution is -2.04. The van der Waals surface area contributed by atoms with Gasteiger partial charge in [-0.05, 0) is 30.7 Å². The minimum atomic E-state index is -1.23. The molecule has 5 nitrogen and oxygen atoms in total. The molecule has 0 radical (unpaired) electrons. The molecule has 0 aliphatic carbocycles. The van der Waals surface area contributed by atoms with Crippen molar-refractivity contribution in [1.82, 2.24) is 0 Å². The van der Waals surface area contributed by atoms with Gasteiger partial charge in [0.1, 0.15) is 0 Å². The van der Waals surface area contributed by atoms with Gasteiger partial charge >= 0.3 is 11.9 Å². The Morgan fingerprint density at radius 3 is 2.29 bits per heavy atom. The number of hydrogen-bond acceptors (Lipinski definition) is 3. The normalized spacial score (nSPS) is 10.4. The maximum atomic E-state index is 11.6. The number of aliphatic carboxylic acids is 1. The molecule has 1 aromatic carbocycles. The summed E-state index contributed by atoms with van der Waals surface area (Å²) >= 11 is 0. The number of carbonyl (C=O) groups is 3. The predicted octanol–water partition coefficient (Wildman–Crippen LogP) is 1.52. The van der Waals surface area contributed by atoms with Crippen molar-refractivity contribution in [3.63, 3.8) is 0 Å². The molecule has 1 aromatic rings. The first kappa shape index (κ1) is 12.6. The van der Waals surface area contributed by atoms with Gasteiger partial charge in [-0.15, -0.1) is 0 Å². The fourth-order valence-corrected chi connectivity index (χ4v) is 1.26. The van der Waals surface area contributed by atoms with E-state index < -0.39 is 17.7 Å². The van der Waals surface area contributed by atoms with E-state index in [0.717, 1.165) is 12.2 Å². The van der Waals surface area contributed by atoms with Crippen molar-refractivity contribution in [3.8, 4) is 0 Å². The van der Waals surface area contributed by atoms with Gasteiger partial charge in [0, 0.05) is 11.6 Å². The Balaban J connectivity index is 3.12. The summed E-state index contributed by atoms with van der Waals surface area (Å²) in [6.45, 7) is 1.65. The molecule has 88 valence electrons. The van der Waals surface area contributed by atoms with E-state index in [-0.39, 0.29) is 11.1 Å². The number of hydrogen-bond donors (Lipinski definition) is 2. The summed E-state index contributed by atoms with van der Waals surface area (Å²) in [5, 5.41) is 17.2. The molecule has 0 saturated heterocycles. The van der Waals surface area contributed by atoms with E-state index in [1.807, 2.05) is 0 Å². The van der Waals surface area contributed by atoms with Crippen molar-refractivity contribution in [2.45, 2.75) is 6.92 Å². The topological polar surface area (TPSA) is 91.7 Å². The van der Waals surface area contributed by atoms with E-state index >= 15 is 0 Å². The smallest absolute Gasteiger partial charge is 0.335 e. The maximum Gasteiger partial charge on any atom is 0.335 e. The minimum Gasteiger partial charge on any atom is -0.478 e. The van der Waals surface area contributed by atoms with Crippen LogP contribution in [-0.2, 0) is 4.79 Å². The third-order valence-electron chi connectivity index (χ3n) is 2.13. The molecule has 0 atom stereocenters. The Bertz CT molecular complexity index is 514. The minimum absolute atomic E-state index is 0.0114. The summed E-state index contributed by atoms with van der Waals surface area (Å²) < 4.78 is 0. The van der Waals surface area contributed by atoms with Gasteiger partial charge in [-0.1, -0.05) is 6.07 Å². The molecular weight excluding hydrogens is 224 g/mol. The second kappa shape index (κ2) is 5.07. The number of aryl methyl sites for hydroxylation is 1. The first-order valence-corrected chi connectivity index (χ1v) is 4.71. The zero-order valence-corrected chi connectivity index (χ0v) is 9.01. The molecule has 0 amide bonds. The summed E-state index contributed by atoms with van der Waals surface area (Å²) in [7, 11) is 0. The molecule has 0 aromatic heterocycles. The second-order valence-electron chi connectivity index (χ2n) is 3.37. The molecule has 1 rings (SSSR count). The van der Waals surface area contributed by atoms with Gasteiger partial charge in [0.05, 0.1) is 5.56 Å². The van der Waals surface area contributed by atoms with E-state index in [4.69, 9.17) is 10.2 Å². The first-order valence-electron chi connectivity index (χ1n) is 4.71. The van der Waals surface area contributed by atoms with E-state index in [1.54, 1.807) is 6.92 Å². The first-order chi connectivity index (χ1) is 7.91. The largest absolute Gasteiger partial charge is 0.478 e. The van der Waals surface area contributed by atoms with Crippen LogP contribution in [0.25, 0.3) is 0 Å². The molecule has 0 bridgehead atoms. The van der Waals surface area contributed by atoms with Gasteiger partial charge in [-0.2, -0.15) is 0 Å². The number of carboxylic acids is 2. The van der Waals surface area contributed by atoms with Gasteiger partial charge in [-0.3, -0.25) is 4.79 Å². The van der Waals surface area contributed by atoms with Crippen LogP contribution in [0.3, 0.4) is 0 Å². The van der Waals surface area contributed by atoms with Gasteiger partial charge in [0.2, 0.25) is 0 Å². The highest BCUT2D eigenvalue weighted by molar-refractivity contribution is 6.08. The quantitative estimate of drug-likeness (QED) is 0.608.